The number of esters is 1. The zero-order chi connectivity index (χ0) is 18.4. The summed E-state index contributed by atoms with van der Waals surface area (Å²) in [5, 5.41) is 2.75. The highest BCUT2D eigenvalue weighted by atomic mass is 16.5. The number of ether oxygens (including phenoxy) is 1. The van der Waals surface area contributed by atoms with Crippen LogP contribution in [0, 0.1) is 5.92 Å². The Morgan fingerprint density at radius 3 is 2.48 bits per heavy atom. The molecule has 1 aromatic carbocycles. The van der Waals surface area contributed by atoms with E-state index in [1.807, 2.05) is 6.07 Å². The molecule has 2 N–H and O–H groups in total. The van der Waals surface area contributed by atoms with Gasteiger partial charge in [0.2, 0.25) is 5.91 Å². The van der Waals surface area contributed by atoms with E-state index < -0.39 is 35.1 Å². The number of benzene rings is 1. The van der Waals surface area contributed by atoms with Gasteiger partial charge in [0.1, 0.15) is 6.54 Å². The molecule has 0 spiro atoms. The standard InChI is InChI=1S/C17H19N3O5/c1-11(16(23)25-2)15(12-6-4-3-5-7-12)18-14(22)10-20-9-8-13(21)19-17(20)24/h3-9,11,15H,10H2,1-2H3,(H,18,22)(H,19,21,24). The minimum Gasteiger partial charge on any atom is -0.469 e. The van der Waals surface area contributed by atoms with Gasteiger partial charge in [-0.25, -0.2) is 4.79 Å². The lowest BCUT2D eigenvalue weighted by Crippen LogP contribution is -2.40. The molecule has 0 bridgehead atoms. The molecule has 8 nitrogen and oxygen atoms in total. The normalized spacial score (nSPS) is 12.9. The summed E-state index contributed by atoms with van der Waals surface area (Å²) in [6.45, 7) is 1.36. The van der Waals surface area contributed by atoms with Crippen molar-refractivity contribution in [3.8, 4) is 0 Å². The van der Waals surface area contributed by atoms with Gasteiger partial charge in [0.15, 0.2) is 0 Å². The Kier molecular flexibility index (Phi) is 5.89. The van der Waals surface area contributed by atoms with E-state index in [-0.39, 0.29) is 6.54 Å². The van der Waals surface area contributed by atoms with Gasteiger partial charge in [0.05, 0.1) is 19.1 Å². The number of nitrogens with zero attached hydrogens (tertiary/aromatic N) is 1. The van der Waals surface area contributed by atoms with E-state index in [0.717, 1.165) is 16.2 Å². The second kappa shape index (κ2) is 8.09. The first kappa shape index (κ1) is 18.2. The van der Waals surface area contributed by atoms with Gasteiger partial charge in [-0.3, -0.25) is 23.9 Å². The number of methoxy groups -OCH3 is 1. The molecule has 132 valence electrons. The number of hydrogen-bond donors (Lipinski definition) is 2. The van der Waals surface area contributed by atoms with Crippen LogP contribution in [-0.4, -0.2) is 28.5 Å². The van der Waals surface area contributed by atoms with E-state index in [9.17, 15) is 19.2 Å². The number of rotatable bonds is 6. The van der Waals surface area contributed by atoms with Crippen LogP contribution in [0.5, 0.6) is 0 Å². The molecule has 25 heavy (non-hydrogen) atoms. The summed E-state index contributed by atoms with van der Waals surface area (Å²) >= 11 is 0. The average Bonchev–Trinajstić information content (AvgIpc) is 2.61. The molecule has 2 unspecified atom stereocenters. The minimum atomic E-state index is -0.681. The van der Waals surface area contributed by atoms with Crippen molar-refractivity contribution in [1.29, 1.82) is 0 Å². The second-order valence-corrected chi connectivity index (χ2v) is 5.51. The number of carbonyl (C=O) groups is 2. The van der Waals surface area contributed by atoms with Crippen molar-refractivity contribution in [3.05, 3.63) is 69.0 Å². The molecule has 0 radical (unpaired) electrons. The van der Waals surface area contributed by atoms with Gasteiger partial charge in [0.25, 0.3) is 5.56 Å². The Balaban J connectivity index is 2.21. The Morgan fingerprint density at radius 1 is 1.20 bits per heavy atom. The summed E-state index contributed by atoms with van der Waals surface area (Å²) in [6.07, 6.45) is 1.24. The molecule has 0 aliphatic rings. The summed E-state index contributed by atoms with van der Waals surface area (Å²) in [7, 11) is 1.28. The summed E-state index contributed by atoms with van der Waals surface area (Å²) in [6, 6.07) is 9.54. The van der Waals surface area contributed by atoms with E-state index in [4.69, 9.17) is 4.74 Å². The van der Waals surface area contributed by atoms with E-state index in [0.29, 0.717) is 0 Å². The molecular weight excluding hydrogens is 326 g/mol. The molecule has 2 atom stereocenters. The number of carbonyl (C=O) groups excluding carboxylic acids is 2. The minimum absolute atomic E-state index is 0.285. The molecule has 0 saturated carbocycles. The van der Waals surface area contributed by atoms with Gasteiger partial charge in [-0.1, -0.05) is 30.3 Å². The highest BCUT2D eigenvalue weighted by molar-refractivity contribution is 5.78. The molecule has 2 aromatic rings. The third kappa shape index (κ3) is 4.66. The lowest BCUT2D eigenvalue weighted by molar-refractivity contribution is -0.146. The predicted molar refractivity (Wildman–Crippen MR) is 89.8 cm³/mol. The SMILES string of the molecule is COC(=O)C(C)C(NC(=O)Cn1ccc(=O)[nH]c1=O)c1ccccc1. The number of H-pyrrole nitrogens is 1. The van der Waals surface area contributed by atoms with E-state index >= 15 is 0 Å². The quantitative estimate of drug-likeness (QED) is 0.727. The number of aromatic nitrogens is 2. The highest BCUT2D eigenvalue weighted by Gasteiger charge is 2.27. The van der Waals surface area contributed by atoms with Crippen LogP contribution in [0.15, 0.2) is 52.2 Å². The molecule has 0 aliphatic heterocycles. The predicted octanol–water partition coefficient (Wildman–Crippen LogP) is 0.203. The monoisotopic (exact) mass is 345 g/mol. The Bertz CT molecular complexity index is 856. The fourth-order valence-electron chi connectivity index (χ4n) is 2.42. The first-order chi connectivity index (χ1) is 11.9. The lowest BCUT2D eigenvalue weighted by atomic mass is 9.94. The first-order valence-electron chi connectivity index (χ1n) is 7.64. The van der Waals surface area contributed by atoms with Gasteiger partial charge in [-0.05, 0) is 12.5 Å². The fraction of sp³-hybridized carbons (Fsp3) is 0.294. The zero-order valence-electron chi connectivity index (χ0n) is 13.9. The van der Waals surface area contributed by atoms with E-state index in [2.05, 4.69) is 10.3 Å². The van der Waals surface area contributed by atoms with E-state index in [1.54, 1.807) is 31.2 Å². The van der Waals surface area contributed by atoms with Crippen molar-refractivity contribution in [2.24, 2.45) is 5.92 Å². The van der Waals surface area contributed by atoms with Crippen molar-refractivity contribution in [1.82, 2.24) is 14.9 Å². The van der Waals surface area contributed by atoms with Gasteiger partial charge in [-0.2, -0.15) is 0 Å². The van der Waals surface area contributed by atoms with E-state index in [1.165, 1.54) is 13.3 Å². The molecule has 1 heterocycles. The third-order valence-corrected chi connectivity index (χ3v) is 3.76. The topological polar surface area (TPSA) is 110 Å². The zero-order valence-corrected chi connectivity index (χ0v) is 13.9. The number of nitrogens with one attached hydrogen (secondary N) is 2. The molecule has 1 aromatic heterocycles. The van der Waals surface area contributed by atoms with Crippen molar-refractivity contribution in [3.63, 3.8) is 0 Å². The molecule has 0 saturated heterocycles. The third-order valence-electron chi connectivity index (χ3n) is 3.76. The maximum absolute atomic E-state index is 12.3. The van der Waals surface area contributed by atoms with Crippen LogP contribution >= 0.6 is 0 Å². The highest BCUT2D eigenvalue weighted by Crippen LogP contribution is 2.22. The average molecular weight is 345 g/mol. The Labute approximate surface area is 143 Å². The van der Waals surface area contributed by atoms with Crippen molar-refractivity contribution >= 4 is 11.9 Å². The van der Waals surface area contributed by atoms with Crippen molar-refractivity contribution < 1.29 is 14.3 Å². The van der Waals surface area contributed by atoms with Gasteiger partial charge in [-0.15, -0.1) is 0 Å². The summed E-state index contributed by atoms with van der Waals surface area (Å²) < 4.78 is 5.83. The molecule has 0 fully saturated rings. The van der Waals surface area contributed by atoms with Crippen LogP contribution in [0.1, 0.15) is 18.5 Å². The smallest absolute Gasteiger partial charge is 0.328 e. The summed E-state index contributed by atoms with van der Waals surface area (Å²) in [4.78, 5) is 49.0. The molecule has 2 rings (SSSR count). The summed E-state index contributed by atoms with van der Waals surface area (Å²) in [5.41, 5.74) is -0.481. The Morgan fingerprint density at radius 2 is 1.88 bits per heavy atom. The molecule has 1 amide bonds. The molecular formula is C17H19N3O5. The van der Waals surface area contributed by atoms with Crippen LogP contribution < -0.4 is 16.6 Å². The van der Waals surface area contributed by atoms with Gasteiger partial charge in [0, 0.05) is 12.3 Å². The Hall–Kier alpha value is -3.16. The van der Waals surface area contributed by atoms with Crippen LogP contribution in [0.4, 0.5) is 0 Å². The van der Waals surface area contributed by atoms with Crippen LogP contribution in [0.3, 0.4) is 0 Å². The first-order valence-corrected chi connectivity index (χ1v) is 7.64. The number of aromatic amines is 1. The maximum atomic E-state index is 12.3. The summed E-state index contributed by atoms with van der Waals surface area (Å²) in [5.74, 6) is -1.56. The van der Waals surface area contributed by atoms with Crippen molar-refractivity contribution in [2.45, 2.75) is 19.5 Å². The van der Waals surface area contributed by atoms with Crippen LogP contribution in [0.2, 0.25) is 0 Å². The fourth-order valence-corrected chi connectivity index (χ4v) is 2.42. The maximum Gasteiger partial charge on any atom is 0.328 e. The molecule has 0 aliphatic carbocycles. The lowest BCUT2D eigenvalue weighted by Gasteiger charge is -2.24. The van der Waals surface area contributed by atoms with Crippen molar-refractivity contribution in [2.75, 3.05) is 7.11 Å². The number of hydrogen-bond acceptors (Lipinski definition) is 5. The largest absolute Gasteiger partial charge is 0.469 e. The van der Waals surface area contributed by atoms with Crippen LogP contribution in [0.25, 0.3) is 0 Å². The molecule has 8 heteroatoms. The van der Waals surface area contributed by atoms with Crippen LogP contribution in [-0.2, 0) is 20.9 Å². The second-order valence-electron chi connectivity index (χ2n) is 5.51. The van der Waals surface area contributed by atoms with Gasteiger partial charge >= 0.3 is 11.7 Å². The van der Waals surface area contributed by atoms with Gasteiger partial charge < -0.3 is 10.1 Å². The number of amides is 1.